The van der Waals surface area contributed by atoms with Crippen LogP contribution in [0.4, 0.5) is 4.39 Å². The van der Waals surface area contributed by atoms with Crippen molar-refractivity contribution in [2.24, 2.45) is 5.73 Å². The van der Waals surface area contributed by atoms with E-state index in [0.717, 1.165) is 16.3 Å². The first kappa shape index (κ1) is 33.0. The first-order valence-corrected chi connectivity index (χ1v) is 15.2. The number of carbonyl (C=O) groups is 3. The summed E-state index contributed by atoms with van der Waals surface area (Å²) in [6, 6.07) is 17.6. The molecule has 1 heterocycles. The van der Waals surface area contributed by atoms with Crippen molar-refractivity contribution in [3.63, 3.8) is 0 Å². The monoisotopic (exact) mass is 605 g/mol. The largest absolute Gasteiger partial charge is 0.376 e. The van der Waals surface area contributed by atoms with Crippen molar-refractivity contribution in [2.45, 2.75) is 76.3 Å². The van der Waals surface area contributed by atoms with Crippen molar-refractivity contribution >= 4 is 28.5 Å². The second-order valence-corrected chi connectivity index (χ2v) is 12.1. The smallest absolute Gasteiger partial charge is 0.242 e. The molecule has 3 amide bonds. The zero-order valence-corrected chi connectivity index (χ0v) is 25.9. The molecule has 0 spiro atoms. The van der Waals surface area contributed by atoms with Crippen LogP contribution >= 0.6 is 0 Å². The van der Waals surface area contributed by atoms with Crippen LogP contribution in [0.15, 0.2) is 66.7 Å². The molecule has 1 saturated heterocycles. The maximum atomic E-state index is 14.1. The Hall–Kier alpha value is -3.86. The number of hydrogen-bond donors (Lipinski definition) is 4. The molecule has 3 aromatic carbocycles. The van der Waals surface area contributed by atoms with E-state index < -0.39 is 41.6 Å². The van der Waals surface area contributed by atoms with Gasteiger partial charge in [0.15, 0.2) is 0 Å². The number of aliphatic hydroxyl groups excluding tert-OH is 1. The lowest BCUT2D eigenvalue weighted by molar-refractivity contribution is -0.159. The van der Waals surface area contributed by atoms with E-state index >= 15 is 0 Å². The van der Waals surface area contributed by atoms with Crippen LogP contribution in [-0.2, 0) is 27.2 Å². The summed E-state index contributed by atoms with van der Waals surface area (Å²) in [6.45, 7) is 5.59. The standard InChI is InChI=1S/C34H44FN5O4/c1-5-8-28-32(43)40(29(30(41)37-4)21-23-11-14-24-9-6-7-10-25(24)19-23)18-17-39(28)31(42)27(38-33(44)34(2,3)36)20-22-12-15-26(35)16-13-22/h6-7,9-16,19,27-29,31,42H,5,8,17-18,20-21,36H2,1-4H3,(H,37,41)(H,38,44)/t27-,28+,29+,31?/m1/s1. The minimum absolute atomic E-state index is 0.194. The topological polar surface area (TPSA) is 128 Å². The van der Waals surface area contributed by atoms with Gasteiger partial charge in [0.2, 0.25) is 17.7 Å². The lowest BCUT2D eigenvalue weighted by atomic mass is 9.96. The minimum Gasteiger partial charge on any atom is -0.376 e. The van der Waals surface area contributed by atoms with Gasteiger partial charge in [-0.2, -0.15) is 0 Å². The number of piperazine rings is 1. The molecule has 5 N–H and O–H groups in total. The first-order valence-electron chi connectivity index (χ1n) is 15.2. The molecule has 9 nitrogen and oxygen atoms in total. The molecule has 0 aromatic heterocycles. The van der Waals surface area contributed by atoms with E-state index in [9.17, 15) is 23.9 Å². The molecule has 1 unspecified atom stereocenters. The Morgan fingerprint density at radius 1 is 1.02 bits per heavy atom. The van der Waals surface area contributed by atoms with Crippen LogP contribution in [-0.4, -0.2) is 82.7 Å². The van der Waals surface area contributed by atoms with Crippen LogP contribution < -0.4 is 16.4 Å². The van der Waals surface area contributed by atoms with Gasteiger partial charge in [-0.3, -0.25) is 19.3 Å². The van der Waals surface area contributed by atoms with E-state index in [1.165, 1.54) is 12.1 Å². The zero-order valence-electron chi connectivity index (χ0n) is 25.9. The van der Waals surface area contributed by atoms with Crippen LogP contribution in [0.5, 0.6) is 0 Å². The van der Waals surface area contributed by atoms with Crippen molar-refractivity contribution in [3.05, 3.63) is 83.7 Å². The van der Waals surface area contributed by atoms with E-state index in [2.05, 4.69) is 10.6 Å². The Labute approximate surface area is 258 Å². The molecule has 0 bridgehead atoms. The number of nitrogens with zero attached hydrogens (tertiary/aromatic N) is 2. The maximum Gasteiger partial charge on any atom is 0.242 e. The van der Waals surface area contributed by atoms with Gasteiger partial charge in [-0.1, -0.05) is 67.9 Å². The highest BCUT2D eigenvalue weighted by Gasteiger charge is 2.44. The molecule has 0 aliphatic carbocycles. The van der Waals surface area contributed by atoms with Gasteiger partial charge in [-0.05, 0) is 60.7 Å². The Bertz CT molecular complexity index is 1460. The van der Waals surface area contributed by atoms with Crippen molar-refractivity contribution in [1.82, 2.24) is 20.4 Å². The zero-order chi connectivity index (χ0) is 32.0. The third-order valence-electron chi connectivity index (χ3n) is 8.27. The third kappa shape index (κ3) is 7.80. The molecule has 1 aliphatic heterocycles. The van der Waals surface area contributed by atoms with E-state index in [0.29, 0.717) is 24.8 Å². The second kappa shape index (κ2) is 14.3. The number of nitrogens with one attached hydrogen (secondary N) is 2. The first-order chi connectivity index (χ1) is 20.9. The number of likely N-dealkylation sites (N-methyl/N-ethyl adjacent to an activating group) is 1. The highest BCUT2D eigenvalue weighted by molar-refractivity contribution is 5.91. The predicted molar refractivity (Wildman–Crippen MR) is 169 cm³/mol. The second-order valence-electron chi connectivity index (χ2n) is 12.1. The quantitative estimate of drug-likeness (QED) is 0.252. The number of carbonyl (C=O) groups excluding carboxylic acids is 3. The molecule has 236 valence electrons. The number of amides is 3. The van der Waals surface area contributed by atoms with E-state index in [1.807, 2.05) is 49.4 Å². The van der Waals surface area contributed by atoms with Gasteiger partial charge in [0.25, 0.3) is 0 Å². The minimum atomic E-state index is -1.24. The van der Waals surface area contributed by atoms with Gasteiger partial charge in [0.05, 0.1) is 17.6 Å². The number of rotatable bonds is 12. The summed E-state index contributed by atoms with van der Waals surface area (Å²) in [7, 11) is 1.56. The Morgan fingerprint density at radius 3 is 2.32 bits per heavy atom. The number of fused-ring (bicyclic) bond motifs is 1. The highest BCUT2D eigenvalue weighted by Crippen LogP contribution is 2.25. The van der Waals surface area contributed by atoms with Crippen molar-refractivity contribution in [1.29, 1.82) is 0 Å². The fourth-order valence-electron chi connectivity index (χ4n) is 5.80. The highest BCUT2D eigenvalue weighted by atomic mass is 19.1. The van der Waals surface area contributed by atoms with Gasteiger partial charge in [0.1, 0.15) is 18.1 Å². The predicted octanol–water partition coefficient (Wildman–Crippen LogP) is 2.73. The van der Waals surface area contributed by atoms with Crippen LogP contribution in [0, 0.1) is 5.82 Å². The van der Waals surface area contributed by atoms with Crippen LogP contribution in [0.2, 0.25) is 0 Å². The molecular formula is C34H44FN5O4. The summed E-state index contributed by atoms with van der Waals surface area (Å²) in [5.74, 6) is -1.37. The Balaban J connectivity index is 1.60. The summed E-state index contributed by atoms with van der Waals surface area (Å²) in [5.41, 5.74) is 6.48. The summed E-state index contributed by atoms with van der Waals surface area (Å²) in [6.07, 6.45) is 0.398. The molecule has 0 radical (unpaired) electrons. The summed E-state index contributed by atoms with van der Waals surface area (Å²) in [5, 5.41) is 19.5. The SMILES string of the molecule is CCC[C@H]1C(=O)N([C@@H](Cc2ccc3ccccc3c2)C(=O)NC)CCN1C(O)[C@@H](Cc1ccc(F)cc1)NC(=O)C(C)(C)N. The lowest BCUT2D eigenvalue weighted by Gasteiger charge is -2.46. The molecule has 10 heteroatoms. The summed E-state index contributed by atoms with van der Waals surface area (Å²) < 4.78 is 13.6. The van der Waals surface area contributed by atoms with Crippen molar-refractivity contribution < 1.29 is 23.9 Å². The van der Waals surface area contributed by atoms with E-state index in [-0.39, 0.29) is 31.3 Å². The molecule has 4 rings (SSSR count). The molecule has 44 heavy (non-hydrogen) atoms. The number of benzene rings is 3. The molecule has 0 saturated carbocycles. The lowest BCUT2D eigenvalue weighted by Crippen LogP contribution is -2.67. The van der Waals surface area contributed by atoms with Gasteiger partial charge in [-0.25, -0.2) is 4.39 Å². The Morgan fingerprint density at radius 2 is 1.68 bits per heavy atom. The van der Waals surface area contributed by atoms with Gasteiger partial charge < -0.3 is 26.4 Å². The van der Waals surface area contributed by atoms with Crippen molar-refractivity contribution in [3.8, 4) is 0 Å². The third-order valence-corrected chi connectivity index (χ3v) is 8.27. The van der Waals surface area contributed by atoms with Crippen molar-refractivity contribution in [2.75, 3.05) is 20.1 Å². The van der Waals surface area contributed by atoms with Gasteiger partial charge in [0, 0.05) is 26.6 Å². The van der Waals surface area contributed by atoms with Gasteiger partial charge in [-0.15, -0.1) is 0 Å². The molecular weight excluding hydrogens is 561 g/mol. The number of hydrogen-bond acceptors (Lipinski definition) is 6. The maximum absolute atomic E-state index is 14.1. The molecule has 1 aliphatic rings. The fraction of sp³-hybridized carbons (Fsp3) is 0.441. The van der Waals surface area contributed by atoms with Crippen LogP contribution in [0.25, 0.3) is 10.8 Å². The number of nitrogens with two attached hydrogens (primary N) is 1. The molecule has 4 atom stereocenters. The fourth-order valence-corrected chi connectivity index (χ4v) is 5.80. The van der Waals surface area contributed by atoms with Crippen LogP contribution in [0.3, 0.4) is 0 Å². The van der Waals surface area contributed by atoms with E-state index in [1.54, 1.807) is 42.8 Å². The van der Waals surface area contributed by atoms with Gasteiger partial charge >= 0.3 is 0 Å². The molecule has 1 fully saturated rings. The average Bonchev–Trinajstić information content (AvgIpc) is 3.00. The number of halogens is 1. The average molecular weight is 606 g/mol. The normalized spacial score (nSPS) is 18.1. The Kier molecular flexibility index (Phi) is 10.7. The molecule has 3 aromatic rings. The van der Waals surface area contributed by atoms with E-state index in [4.69, 9.17) is 5.73 Å². The summed E-state index contributed by atoms with van der Waals surface area (Å²) >= 11 is 0. The summed E-state index contributed by atoms with van der Waals surface area (Å²) in [4.78, 5) is 43.6. The van der Waals surface area contributed by atoms with Crippen LogP contribution in [0.1, 0.15) is 44.7 Å². The number of aliphatic hydroxyl groups is 1.